The molecule has 0 saturated carbocycles. The van der Waals surface area contributed by atoms with Crippen molar-refractivity contribution in [1.82, 2.24) is 0 Å². The largest absolute Gasteiger partial charge is 0.303 e. The summed E-state index contributed by atoms with van der Waals surface area (Å²) in [6.45, 7) is 5.78. The van der Waals surface area contributed by atoms with E-state index in [9.17, 15) is 13.2 Å². The van der Waals surface area contributed by atoms with Crippen molar-refractivity contribution >= 4 is 16.4 Å². The molecule has 5 heteroatoms. The molecule has 1 aromatic rings. The second-order valence-corrected chi connectivity index (χ2v) is 7.00. The average molecular weight is 312 g/mol. The Hall–Kier alpha value is -1.20. The van der Waals surface area contributed by atoms with E-state index in [2.05, 4.69) is 0 Å². The number of hydrogen-bond donors (Lipinski definition) is 0. The van der Waals surface area contributed by atoms with Gasteiger partial charge in [-0.2, -0.15) is 8.42 Å². The highest BCUT2D eigenvalue weighted by Crippen LogP contribution is 2.23. The molecule has 0 bridgehead atoms. The predicted molar refractivity (Wildman–Crippen MR) is 82.6 cm³/mol. The van der Waals surface area contributed by atoms with E-state index in [1.165, 1.54) is 0 Å². The van der Waals surface area contributed by atoms with E-state index < -0.39 is 16.2 Å². The van der Waals surface area contributed by atoms with E-state index in [0.717, 1.165) is 24.7 Å². The normalized spacial score (nSPS) is 14.6. The third-order valence-corrected chi connectivity index (χ3v) is 4.85. The van der Waals surface area contributed by atoms with Crippen LogP contribution in [-0.2, 0) is 19.1 Å². The molecule has 1 rings (SSSR count). The van der Waals surface area contributed by atoms with Gasteiger partial charge >= 0.3 is 0 Å². The van der Waals surface area contributed by atoms with Crippen LogP contribution < -0.4 is 0 Å². The van der Waals surface area contributed by atoms with E-state index in [-0.39, 0.29) is 10.8 Å². The van der Waals surface area contributed by atoms with Gasteiger partial charge in [0.2, 0.25) is 0 Å². The second-order valence-electron chi connectivity index (χ2n) is 5.42. The first kappa shape index (κ1) is 17.9. The van der Waals surface area contributed by atoms with Gasteiger partial charge in [0.05, 0.1) is 11.0 Å². The van der Waals surface area contributed by atoms with Gasteiger partial charge in [-0.15, -0.1) is 0 Å². The van der Waals surface area contributed by atoms with Gasteiger partial charge in [-0.1, -0.05) is 44.4 Å². The highest BCUT2D eigenvalue weighted by molar-refractivity contribution is 7.86. The lowest BCUT2D eigenvalue weighted by atomic mass is 9.97. The molecule has 1 unspecified atom stereocenters. The maximum Gasteiger partial charge on any atom is 0.297 e. The molecule has 0 aliphatic rings. The molecule has 0 saturated heterocycles. The van der Waals surface area contributed by atoms with Crippen LogP contribution in [0.15, 0.2) is 29.2 Å². The smallest absolute Gasteiger partial charge is 0.297 e. The number of benzene rings is 1. The van der Waals surface area contributed by atoms with Crippen molar-refractivity contribution < 1.29 is 17.4 Å². The van der Waals surface area contributed by atoms with Crippen molar-refractivity contribution in [2.45, 2.75) is 57.5 Å². The standard InChI is InChI=1S/C16H24O4S/c1-4-5-6-16(14(3)11-12-17)20-21(18,19)15-9-7-13(2)8-10-15/h7-10,12,14,16H,4-6,11H2,1-3H3/t14?,16-/m0/s1. The van der Waals surface area contributed by atoms with Gasteiger partial charge in [0.15, 0.2) is 0 Å². The van der Waals surface area contributed by atoms with Crippen molar-refractivity contribution in [3.05, 3.63) is 29.8 Å². The zero-order valence-electron chi connectivity index (χ0n) is 12.9. The van der Waals surface area contributed by atoms with Crippen molar-refractivity contribution in [3.8, 4) is 0 Å². The van der Waals surface area contributed by atoms with Crippen molar-refractivity contribution in [2.75, 3.05) is 0 Å². The van der Waals surface area contributed by atoms with E-state index >= 15 is 0 Å². The molecule has 0 N–H and O–H groups in total. The lowest BCUT2D eigenvalue weighted by molar-refractivity contribution is -0.109. The van der Waals surface area contributed by atoms with E-state index in [0.29, 0.717) is 12.8 Å². The fourth-order valence-corrected chi connectivity index (χ4v) is 3.25. The first-order chi connectivity index (χ1) is 9.90. The fraction of sp³-hybridized carbons (Fsp3) is 0.562. The minimum absolute atomic E-state index is 0.116. The van der Waals surface area contributed by atoms with Crippen LogP contribution in [0.25, 0.3) is 0 Å². The van der Waals surface area contributed by atoms with Crippen LogP contribution in [0.1, 0.15) is 45.1 Å². The molecule has 1 aromatic carbocycles. The molecule has 118 valence electrons. The number of aryl methyl sites for hydroxylation is 1. The van der Waals surface area contributed by atoms with Gasteiger partial charge in [-0.25, -0.2) is 0 Å². The SMILES string of the molecule is CCCC[C@H](OS(=O)(=O)c1ccc(C)cc1)C(C)CC=O. The van der Waals surface area contributed by atoms with Gasteiger partial charge in [0.1, 0.15) is 6.29 Å². The Labute approximate surface area is 127 Å². The summed E-state index contributed by atoms with van der Waals surface area (Å²) in [4.78, 5) is 10.8. The van der Waals surface area contributed by atoms with E-state index in [1.807, 2.05) is 20.8 Å². The van der Waals surface area contributed by atoms with E-state index in [4.69, 9.17) is 4.18 Å². The van der Waals surface area contributed by atoms with Crippen molar-refractivity contribution in [2.24, 2.45) is 5.92 Å². The second kappa shape index (κ2) is 8.29. The molecule has 4 nitrogen and oxygen atoms in total. The summed E-state index contributed by atoms with van der Waals surface area (Å²) in [5, 5.41) is 0. The van der Waals surface area contributed by atoms with Crippen LogP contribution in [0.3, 0.4) is 0 Å². The first-order valence-corrected chi connectivity index (χ1v) is 8.75. The molecule has 0 fully saturated rings. The van der Waals surface area contributed by atoms with E-state index in [1.54, 1.807) is 24.3 Å². The highest BCUT2D eigenvalue weighted by atomic mass is 32.2. The Balaban J connectivity index is 2.89. The molecular formula is C16H24O4S. The molecule has 0 aliphatic carbocycles. The minimum Gasteiger partial charge on any atom is -0.303 e. The Bertz CT molecular complexity index is 534. The number of aldehydes is 1. The third kappa shape index (κ3) is 5.59. The van der Waals surface area contributed by atoms with Gasteiger partial charge in [0.25, 0.3) is 10.1 Å². The maximum absolute atomic E-state index is 12.3. The lowest BCUT2D eigenvalue weighted by Gasteiger charge is -2.22. The van der Waals surface area contributed by atoms with Crippen LogP contribution in [-0.4, -0.2) is 20.8 Å². The summed E-state index contributed by atoms with van der Waals surface area (Å²) in [5.41, 5.74) is 0.991. The summed E-state index contributed by atoms with van der Waals surface area (Å²) in [6, 6.07) is 6.58. The maximum atomic E-state index is 12.3. The Morgan fingerprint density at radius 2 is 1.86 bits per heavy atom. The Kier molecular flexibility index (Phi) is 7.05. The van der Waals surface area contributed by atoms with Gasteiger partial charge in [-0.05, 0) is 31.4 Å². The van der Waals surface area contributed by atoms with Crippen LogP contribution in [0, 0.1) is 12.8 Å². The summed E-state index contributed by atoms with van der Waals surface area (Å²) >= 11 is 0. The number of rotatable bonds is 9. The molecule has 0 aromatic heterocycles. The first-order valence-electron chi connectivity index (χ1n) is 7.34. The zero-order chi connectivity index (χ0) is 15.9. The molecule has 0 radical (unpaired) electrons. The molecule has 21 heavy (non-hydrogen) atoms. The summed E-state index contributed by atoms with van der Waals surface area (Å²) in [5.74, 6) is -0.116. The molecular weight excluding hydrogens is 288 g/mol. The third-order valence-electron chi connectivity index (χ3n) is 3.50. The van der Waals surface area contributed by atoms with Crippen molar-refractivity contribution in [1.29, 1.82) is 0 Å². The fourth-order valence-electron chi connectivity index (χ4n) is 2.06. The quantitative estimate of drug-likeness (QED) is 0.517. The van der Waals surface area contributed by atoms with Gasteiger partial charge in [0, 0.05) is 6.42 Å². The minimum atomic E-state index is -3.79. The van der Waals surface area contributed by atoms with Crippen LogP contribution in [0.4, 0.5) is 0 Å². The Morgan fingerprint density at radius 1 is 1.24 bits per heavy atom. The van der Waals surface area contributed by atoms with Crippen molar-refractivity contribution in [3.63, 3.8) is 0 Å². The van der Waals surface area contributed by atoms with Crippen LogP contribution in [0.2, 0.25) is 0 Å². The molecule has 0 aliphatic heterocycles. The highest BCUT2D eigenvalue weighted by Gasteiger charge is 2.25. The van der Waals surface area contributed by atoms with Gasteiger partial charge < -0.3 is 4.79 Å². The average Bonchev–Trinajstić information content (AvgIpc) is 2.44. The molecule has 2 atom stereocenters. The molecule has 0 spiro atoms. The summed E-state index contributed by atoms with van der Waals surface area (Å²) < 4.78 is 30.0. The van der Waals surface area contributed by atoms with Gasteiger partial charge in [-0.3, -0.25) is 4.18 Å². The number of carbonyl (C=O) groups is 1. The topological polar surface area (TPSA) is 60.4 Å². The lowest BCUT2D eigenvalue weighted by Crippen LogP contribution is -2.26. The number of hydrogen-bond acceptors (Lipinski definition) is 4. The zero-order valence-corrected chi connectivity index (χ0v) is 13.7. The number of carbonyl (C=O) groups excluding carboxylic acids is 1. The summed E-state index contributed by atoms with van der Waals surface area (Å²) in [6.07, 6.45) is 3.12. The Morgan fingerprint density at radius 3 is 2.38 bits per heavy atom. The molecule has 0 heterocycles. The van der Waals surface area contributed by atoms with Crippen LogP contribution >= 0.6 is 0 Å². The predicted octanol–water partition coefficient (Wildman–Crippen LogP) is 3.48. The van der Waals surface area contributed by atoms with Crippen LogP contribution in [0.5, 0.6) is 0 Å². The summed E-state index contributed by atoms with van der Waals surface area (Å²) in [7, 11) is -3.79. The monoisotopic (exact) mass is 312 g/mol. The number of unbranched alkanes of at least 4 members (excludes halogenated alkanes) is 1. The molecule has 0 amide bonds.